The smallest absolute Gasteiger partial charge is 0.316 e. The molecule has 0 aliphatic rings. The SMILES string of the molecule is Cc1cc(SC(C)C(=O)O)ccc1C#N. The lowest BCUT2D eigenvalue weighted by Crippen LogP contribution is -2.10. The Morgan fingerprint density at radius 2 is 2.27 bits per heavy atom. The highest BCUT2D eigenvalue weighted by molar-refractivity contribution is 8.00. The van der Waals surface area contributed by atoms with Gasteiger partial charge in [0.1, 0.15) is 5.25 Å². The Labute approximate surface area is 92.7 Å². The number of nitrogens with zero attached hydrogens (tertiary/aromatic N) is 1. The number of aliphatic carboxylic acids is 1. The predicted molar refractivity (Wildman–Crippen MR) is 58.8 cm³/mol. The van der Waals surface area contributed by atoms with E-state index in [1.165, 1.54) is 11.8 Å². The molecule has 1 N–H and O–H groups in total. The monoisotopic (exact) mass is 221 g/mol. The second-order valence-electron chi connectivity index (χ2n) is 3.19. The van der Waals surface area contributed by atoms with Crippen LogP contribution in [0.1, 0.15) is 18.1 Å². The summed E-state index contributed by atoms with van der Waals surface area (Å²) >= 11 is 1.28. The van der Waals surface area contributed by atoms with Crippen molar-refractivity contribution in [3.8, 4) is 6.07 Å². The Balaban J connectivity index is 2.85. The van der Waals surface area contributed by atoms with E-state index < -0.39 is 11.2 Å². The summed E-state index contributed by atoms with van der Waals surface area (Å²) in [5.74, 6) is -0.831. The molecule has 1 unspecified atom stereocenters. The third kappa shape index (κ3) is 3.00. The lowest BCUT2D eigenvalue weighted by Gasteiger charge is -2.07. The van der Waals surface area contributed by atoms with Gasteiger partial charge in [-0.1, -0.05) is 0 Å². The number of benzene rings is 1. The van der Waals surface area contributed by atoms with Gasteiger partial charge in [-0.25, -0.2) is 0 Å². The molecule has 0 aliphatic carbocycles. The zero-order valence-electron chi connectivity index (χ0n) is 8.52. The van der Waals surface area contributed by atoms with Crippen LogP contribution in [-0.2, 0) is 4.79 Å². The normalized spacial score (nSPS) is 11.8. The number of aryl methyl sites for hydroxylation is 1. The summed E-state index contributed by atoms with van der Waals surface area (Å²) in [7, 11) is 0. The summed E-state index contributed by atoms with van der Waals surface area (Å²) in [5.41, 5.74) is 1.50. The van der Waals surface area contributed by atoms with E-state index >= 15 is 0 Å². The number of thioether (sulfide) groups is 1. The van der Waals surface area contributed by atoms with Crippen LogP contribution in [0.2, 0.25) is 0 Å². The van der Waals surface area contributed by atoms with Gasteiger partial charge in [0.15, 0.2) is 0 Å². The van der Waals surface area contributed by atoms with Crippen LogP contribution in [0.15, 0.2) is 23.1 Å². The molecule has 3 nitrogen and oxygen atoms in total. The van der Waals surface area contributed by atoms with Crippen molar-refractivity contribution >= 4 is 17.7 Å². The molecule has 0 aromatic heterocycles. The zero-order valence-corrected chi connectivity index (χ0v) is 9.34. The topological polar surface area (TPSA) is 61.1 Å². The van der Waals surface area contributed by atoms with E-state index in [1.54, 1.807) is 19.1 Å². The number of hydrogen-bond donors (Lipinski definition) is 1. The minimum absolute atomic E-state index is 0.475. The van der Waals surface area contributed by atoms with Crippen LogP contribution in [0, 0.1) is 18.3 Å². The van der Waals surface area contributed by atoms with E-state index in [2.05, 4.69) is 6.07 Å². The third-order valence-corrected chi connectivity index (χ3v) is 3.06. The van der Waals surface area contributed by atoms with E-state index in [1.807, 2.05) is 13.0 Å². The quantitative estimate of drug-likeness (QED) is 0.796. The summed E-state index contributed by atoms with van der Waals surface area (Å²) in [6.45, 7) is 3.48. The fraction of sp³-hybridized carbons (Fsp3) is 0.273. The van der Waals surface area contributed by atoms with Crippen LogP contribution in [0.3, 0.4) is 0 Å². The van der Waals surface area contributed by atoms with Gasteiger partial charge >= 0.3 is 5.97 Å². The first kappa shape index (κ1) is 11.6. The molecule has 0 bridgehead atoms. The van der Waals surface area contributed by atoms with E-state index in [0.29, 0.717) is 5.56 Å². The molecule has 1 aromatic rings. The molecule has 0 radical (unpaired) electrons. The maximum Gasteiger partial charge on any atom is 0.316 e. The maximum atomic E-state index is 10.6. The standard InChI is InChI=1S/C11H11NO2S/c1-7-5-10(4-3-9(7)6-12)15-8(2)11(13)14/h3-5,8H,1-2H3,(H,13,14). The summed E-state index contributed by atoms with van der Waals surface area (Å²) in [5, 5.41) is 17.0. The van der Waals surface area contributed by atoms with Gasteiger partial charge in [-0.15, -0.1) is 11.8 Å². The Morgan fingerprint density at radius 1 is 1.60 bits per heavy atom. The molecule has 0 fully saturated rings. The Bertz CT molecular complexity index is 423. The van der Waals surface area contributed by atoms with Crippen molar-refractivity contribution in [2.45, 2.75) is 24.0 Å². The van der Waals surface area contributed by atoms with E-state index in [0.717, 1.165) is 10.5 Å². The van der Waals surface area contributed by atoms with Crippen molar-refractivity contribution in [2.75, 3.05) is 0 Å². The van der Waals surface area contributed by atoms with E-state index in [-0.39, 0.29) is 0 Å². The van der Waals surface area contributed by atoms with Gasteiger partial charge in [0, 0.05) is 4.90 Å². The van der Waals surface area contributed by atoms with Crippen molar-refractivity contribution in [2.24, 2.45) is 0 Å². The van der Waals surface area contributed by atoms with Gasteiger partial charge in [-0.05, 0) is 37.6 Å². The van der Waals surface area contributed by atoms with Gasteiger partial charge in [-0.2, -0.15) is 5.26 Å². The fourth-order valence-electron chi connectivity index (χ4n) is 1.09. The number of nitriles is 1. The lowest BCUT2D eigenvalue weighted by atomic mass is 10.1. The highest BCUT2D eigenvalue weighted by Gasteiger charge is 2.12. The highest BCUT2D eigenvalue weighted by atomic mass is 32.2. The molecule has 0 spiro atoms. The summed E-state index contributed by atoms with van der Waals surface area (Å²) in [4.78, 5) is 11.5. The van der Waals surface area contributed by atoms with Crippen molar-refractivity contribution in [1.82, 2.24) is 0 Å². The van der Waals surface area contributed by atoms with Crippen molar-refractivity contribution in [1.29, 1.82) is 5.26 Å². The fourth-order valence-corrected chi connectivity index (χ4v) is 1.99. The molecule has 15 heavy (non-hydrogen) atoms. The molecule has 1 aromatic carbocycles. The second-order valence-corrected chi connectivity index (χ2v) is 4.60. The number of hydrogen-bond acceptors (Lipinski definition) is 3. The molecule has 0 amide bonds. The third-order valence-electron chi connectivity index (χ3n) is 1.98. The molecule has 1 atom stereocenters. The van der Waals surface area contributed by atoms with Crippen LogP contribution in [0.4, 0.5) is 0 Å². The molecule has 0 aliphatic heterocycles. The number of carboxylic acids is 1. The second kappa shape index (κ2) is 4.85. The average molecular weight is 221 g/mol. The summed E-state index contributed by atoms with van der Waals surface area (Å²) in [6.07, 6.45) is 0. The van der Waals surface area contributed by atoms with Crippen LogP contribution >= 0.6 is 11.8 Å². The number of carboxylic acid groups (broad SMARTS) is 1. The highest BCUT2D eigenvalue weighted by Crippen LogP contribution is 2.25. The number of carbonyl (C=O) groups is 1. The molecule has 78 valence electrons. The zero-order chi connectivity index (χ0) is 11.4. The number of rotatable bonds is 3. The molecule has 1 rings (SSSR count). The molecular weight excluding hydrogens is 210 g/mol. The molecule has 0 saturated heterocycles. The largest absolute Gasteiger partial charge is 0.480 e. The van der Waals surface area contributed by atoms with Crippen LogP contribution < -0.4 is 0 Å². The first-order valence-electron chi connectivity index (χ1n) is 4.45. The first-order chi connectivity index (χ1) is 7.04. The molecule has 4 heteroatoms. The lowest BCUT2D eigenvalue weighted by molar-refractivity contribution is -0.136. The van der Waals surface area contributed by atoms with Crippen LogP contribution in [-0.4, -0.2) is 16.3 Å². The van der Waals surface area contributed by atoms with Gasteiger partial charge in [0.2, 0.25) is 0 Å². The minimum Gasteiger partial charge on any atom is -0.480 e. The predicted octanol–water partition coefficient (Wildman–Crippen LogP) is 2.43. The van der Waals surface area contributed by atoms with Crippen LogP contribution in [0.5, 0.6) is 0 Å². The van der Waals surface area contributed by atoms with Crippen molar-refractivity contribution in [3.05, 3.63) is 29.3 Å². The molecule has 0 heterocycles. The minimum atomic E-state index is -0.831. The molecular formula is C11H11NO2S. The maximum absolute atomic E-state index is 10.6. The first-order valence-corrected chi connectivity index (χ1v) is 5.32. The summed E-state index contributed by atoms with van der Waals surface area (Å²) in [6, 6.07) is 7.40. The van der Waals surface area contributed by atoms with Crippen molar-refractivity contribution < 1.29 is 9.90 Å². The van der Waals surface area contributed by atoms with Gasteiger partial charge in [0.05, 0.1) is 11.6 Å². The Hall–Kier alpha value is -1.47. The van der Waals surface area contributed by atoms with Gasteiger partial charge < -0.3 is 5.11 Å². The van der Waals surface area contributed by atoms with E-state index in [4.69, 9.17) is 10.4 Å². The molecule has 0 saturated carbocycles. The van der Waals surface area contributed by atoms with Gasteiger partial charge in [0.25, 0.3) is 0 Å². The van der Waals surface area contributed by atoms with E-state index in [9.17, 15) is 4.79 Å². The average Bonchev–Trinajstić information content (AvgIpc) is 2.18. The Morgan fingerprint density at radius 3 is 2.73 bits per heavy atom. The Kier molecular flexibility index (Phi) is 3.75. The van der Waals surface area contributed by atoms with Crippen molar-refractivity contribution in [3.63, 3.8) is 0 Å². The van der Waals surface area contributed by atoms with Crippen LogP contribution in [0.25, 0.3) is 0 Å². The van der Waals surface area contributed by atoms with Gasteiger partial charge in [-0.3, -0.25) is 4.79 Å². The summed E-state index contributed by atoms with van der Waals surface area (Å²) < 4.78 is 0.